The molecule has 0 unspecified atom stereocenters. The maximum Gasteiger partial charge on any atom is 0.179 e. The van der Waals surface area contributed by atoms with Crippen LogP contribution in [0, 0.1) is 11.3 Å². The van der Waals surface area contributed by atoms with Crippen LogP contribution in [-0.2, 0) is 0 Å². The standard InChI is InChI=1S/C11H6N4/c12-5-9-7-3-1-2-4-8(7)10-11(15-9)14-6-13-10/h1-4,6H,(H,13,14,15). The first-order chi connectivity index (χ1) is 7.40. The largest absolute Gasteiger partial charge is 0.343 e. The highest BCUT2D eigenvalue weighted by Crippen LogP contribution is 2.23. The smallest absolute Gasteiger partial charge is 0.179 e. The van der Waals surface area contributed by atoms with Gasteiger partial charge in [-0.1, -0.05) is 24.3 Å². The minimum absolute atomic E-state index is 0.421. The van der Waals surface area contributed by atoms with Gasteiger partial charge in [-0.3, -0.25) is 0 Å². The molecular formula is C11H6N4. The molecule has 0 amide bonds. The fourth-order valence-corrected chi connectivity index (χ4v) is 1.73. The number of pyridine rings is 1. The summed E-state index contributed by atoms with van der Waals surface area (Å²) in [7, 11) is 0. The molecule has 70 valence electrons. The molecule has 0 radical (unpaired) electrons. The molecule has 0 fully saturated rings. The lowest BCUT2D eigenvalue weighted by Crippen LogP contribution is -1.87. The Morgan fingerprint density at radius 2 is 2.00 bits per heavy atom. The van der Waals surface area contributed by atoms with Crippen LogP contribution < -0.4 is 0 Å². The van der Waals surface area contributed by atoms with Gasteiger partial charge in [0, 0.05) is 10.8 Å². The average Bonchev–Trinajstić information content (AvgIpc) is 2.76. The van der Waals surface area contributed by atoms with E-state index in [1.165, 1.54) is 0 Å². The van der Waals surface area contributed by atoms with Crippen molar-refractivity contribution in [1.82, 2.24) is 15.0 Å². The van der Waals surface area contributed by atoms with Gasteiger partial charge in [0.05, 0.1) is 11.8 Å². The Labute approximate surface area is 85.2 Å². The van der Waals surface area contributed by atoms with Crippen molar-refractivity contribution < 1.29 is 0 Å². The highest BCUT2D eigenvalue weighted by Gasteiger charge is 2.08. The van der Waals surface area contributed by atoms with Crippen LogP contribution in [0.1, 0.15) is 5.69 Å². The Balaban J connectivity index is 2.66. The first-order valence-electron chi connectivity index (χ1n) is 4.52. The summed E-state index contributed by atoms with van der Waals surface area (Å²) in [6.45, 7) is 0. The predicted molar refractivity (Wildman–Crippen MR) is 56.1 cm³/mol. The van der Waals surface area contributed by atoms with E-state index >= 15 is 0 Å². The molecule has 0 aliphatic carbocycles. The minimum Gasteiger partial charge on any atom is -0.343 e. The number of hydrogen-bond donors (Lipinski definition) is 1. The number of nitriles is 1. The monoisotopic (exact) mass is 194 g/mol. The fraction of sp³-hybridized carbons (Fsp3) is 0. The second-order valence-corrected chi connectivity index (χ2v) is 3.22. The molecule has 0 saturated heterocycles. The topological polar surface area (TPSA) is 65.4 Å². The van der Waals surface area contributed by atoms with E-state index in [1.807, 2.05) is 24.3 Å². The highest BCUT2D eigenvalue weighted by molar-refractivity contribution is 6.04. The summed E-state index contributed by atoms with van der Waals surface area (Å²) in [4.78, 5) is 11.3. The van der Waals surface area contributed by atoms with Gasteiger partial charge in [0.15, 0.2) is 11.3 Å². The SMILES string of the molecule is N#Cc1nc2nc[nH]c2c2ccccc12. The number of nitrogens with zero attached hydrogens (tertiary/aromatic N) is 3. The summed E-state index contributed by atoms with van der Waals surface area (Å²) in [5, 5.41) is 10.8. The van der Waals surface area contributed by atoms with Crippen molar-refractivity contribution in [2.24, 2.45) is 0 Å². The van der Waals surface area contributed by atoms with Gasteiger partial charge in [-0.15, -0.1) is 0 Å². The molecule has 4 heteroatoms. The lowest BCUT2D eigenvalue weighted by molar-refractivity contribution is 1.28. The van der Waals surface area contributed by atoms with Gasteiger partial charge in [-0.25, -0.2) is 9.97 Å². The van der Waals surface area contributed by atoms with Crippen molar-refractivity contribution in [2.75, 3.05) is 0 Å². The summed E-state index contributed by atoms with van der Waals surface area (Å²) in [6, 6.07) is 9.76. The molecule has 0 saturated carbocycles. The summed E-state index contributed by atoms with van der Waals surface area (Å²) in [6.07, 6.45) is 1.59. The molecule has 0 atom stereocenters. The molecule has 0 aliphatic heterocycles. The van der Waals surface area contributed by atoms with E-state index in [9.17, 15) is 0 Å². The Morgan fingerprint density at radius 3 is 2.80 bits per heavy atom. The van der Waals surface area contributed by atoms with Gasteiger partial charge in [0.1, 0.15) is 6.07 Å². The number of H-pyrrole nitrogens is 1. The molecule has 1 N–H and O–H groups in total. The Morgan fingerprint density at radius 1 is 1.20 bits per heavy atom. The molecule has 2 aromatic heterocycles. The maximum atomic E-state index is 8.98. The molecule has 2 heterocycles. The summed E-state index contributed by atoms with van der Waals surface area (Å²) in [5.41, 5.74) is 1.89. The van der Waals surface area contributed by atoms with Crippen LogP contribution in [0.2, 0.25) is 0 Å². The Hall–Kier alpha value is -2.41. The molecule has 15 heavy (non-hydrogen) atoms. The van der Waals surface area contributed by atoms with Crippen LogP contribution >= 0.6 is 0 Å². The second kappa shape index (κ2) is 2.79. The summed E-state index contributed by atoms with van der Waals surface area (Å²) >= 11 is 0. The van der Waals surface area contributed by atoms with Crippen molar-refractivity contribution in [1.29, 1.82) is 5.26 Å². The van der Waals surface area contributed by atoms with Crippen molar-refractivity contribution in [3.05, 3.63) is 36.3 Å². The number of imidazole rings is 1. The van der Waals surface area contributed by atoms with Crippen LogP contribution in [0.4, 0.5) is 0 Å². The molecule has 1 aromatic carbocycles. The number of nitrogens with one attached hydrogen (secondary N) is 1. The van der Waals surface area contributed by atoms with Gasteiger partial charge in [-0.05, 0) is 0 Å². The maximum absolute atomic E-state index is 8.98. The molecule has 4 nitrogen and oxygen atoms in total. The van der Waals surface area contributed by atoms with E-state index in [0.717, 1.165) is 16.3 Å². The summed E-state index contributed by atoms with van der Waals surface area (Å²) < 4.78 is 0. The lowest BCUT2D eigenvalue weighted by atomic mass is 10.1. The molecular weight excluding hydrogens is 188 g/mol. The number of aromatic nitrogens is 3. The quantitative estimate of drug-likeness (QED) is 0.595. The third-order valence-corrected chi connectivity index (χ3v) is 2.39. The first-order valence-corrected chi connectivity index (χ1v) is 4.52. The number of benzene rings is 1. The zero-order chi connectivity index (χ0) is 10.3. The van der Waals surface area contributed by atoms with Crippen LogP contribution in [0.3, 0.4) is 0 Å². The minimum atomic E-state index is 0.421. The van der Waals surface area contributed by atoms with E-state index in [4.69, 9.17) is 5.26 Å². The van der Waals surface area contributed by atoms with Crippen LogP contribution in [0.5, 0.6) is 0 Å². The van der Waals surface area contributed by atoms with E-state index in [0.29, 0.717) is 11.3 Å². The number of aromatic amines is 1. The molecule has 0 bridgehead atoms. The second-order valence-electron chi connectivity index (χ2n) is 3.22. The van der Waals surface area contributed by atoms with Crippen molar-refractivity contribution in [3.8, 4) is 6.07 Å². The zero-order valence-electron chi connectivity index (χ0n) is 7.73. The van der Waals surface area contributed by atoms with E-state index in [-0.39, 0.29) is 0 Å². The molecule has 0 spiro atoms. The molecule has 3 aromatic rings. The third kappa shape index (κ3) is 1.00. The highest BCUT2D eigenvalue weighted by atomic mass is 15.0. The van der Waals surface area contributed by atoms with Crippen molar-refractivity contribution >= 4 is 21.9 Å². The van der Waals surface area contributed by atoms with Crippen LogP contribution in [0.15, 0.2) is 30.6 Å². The number of rotatable bonds is 0. The lowest BCUT2D eigenvalue weighted by Gasteiger charge is -1.99. The van der Waals surface area contributed by atoms with Gasteiger partial charge in [-0.2, -0.15) is 5.26 Å². The third-order valence-electron chi connectivity index (χ3n) is 2.39. The number of fused-ring (bicyclic) bond motifs is 3. The predicted octanol–water partition coefficient (Wildman–Crippen LogP) is 1.98. The fourth-order valence-electron chi connectivity index (χ4n) is 1.73. The van der Waals surface area contributed by atoms with E-state index in [2.05, 4.69) is 21.0 Å². The number of hydrogen-bond acceptors (Lipinski definition) is 3. The average molecular weight is 194 g/mol. The molecule has 3 rings (SSSR count). The van der Waals surface area contributed by atoms with E-state index in [1.54, 1.807) is 6.33 Å². The Bertz CT molecular complexity index is 690. The molecule has 0 aliphatic rings. The van der Waals surface area contributed by atoms with Gasteiger partial charge in [0.25, 0.3) is 0 Å². The van der Waals surface area contributed by atoms with Crippen molar-refractivity contribution in [3.63, 3.8) is 0 Å². The van der Waals surface area contributed by atoms with Crippen LogP contribution in [-0.4, -0.2) is 15.0 Å². The summed E-state index contributed by atoms with van der Waals surface area (Å²) in [5.74, 6) is 0. The van der Waals surface area contributed by atoms with Gasteiger partial charge >= 0.3 is 0 Å². The van der Waals surface area contributed by atoms with Crippen molar-refractivity contribution in [2.45, 2.75) is 0 Å². The van der Waals surface area contributed by atoms with E-state index < -0.39 is 0 Å². The first kappa shape index (κ1) is 7.94. The van der Waals surface area contributed by atoms with Crippen LogP contribution in [0.25, 0.3) is 21.9 Å². The zero-order valence-corrected chi connectivity index (χ0v) is 7.73. The normalized spacial score (nSPS) is 10.6. The van der Waals surface area contributed by atoms with Gasteiger partial charge < -0.3 is 4.98 Å². The Kier molecular flexibility index (Phi) is 1.48. The van der Waals surface area contributed by atoms with Gasteiger partial charge in [0.2, 0.25) is 0 Å².